The molecule has 1 spiro atoms. The van der Waals surface area contributed by atoms with Gasteiger partial charge in [-0.3, -0.25) is 9.59 Å². The van der Waals surface area contributed by atoms with Gasteiger partial charge in [0, 0.05) is 44.6 Å². The zero-order valence-electron chi connectivity index (χ0n) is 17.4. The van der Waals surface area contributed by atoms with E-state index >= 15 is 0 Å². The second kappa shape index (κ2) is 8.95. The smallest absolute Gasteiger partial charge is 0.227 e. The summed E-state index contributed by atoms with van der Waals surface area (Å²) in [4.78, 5) is 31.5. The lowest BCUT2D eigenvalue weighted by molar-refractivity contribution is -0.142. The molecule has 0 aromatic heterocycles. The van der Waals surface area contributed by atoms with Gasteiger partial charge in [-0.1, -0.05) is 12.1 Å². The van der Waals surface area contributed by atoms with Gasteiger partial charge in [0.05, 0.1) is 13.5 Å². The van der Waals surface area contributed by atoms with Crippen molar-refractivity contribution < 1.29 is 14.3 Å². The molecule has 3 rings (SSSR count). The average molecular weight is 388 g/mol. The molecule has 0 unspecified atom stereocenters. The van der Waals surface area contributed by atoms with Crippen LogP contribution < -0.4 is 4.74 Å². The number of piperidine rings is 2. The lowest BCUT2D eigenvalue weighted by Gasteiger charge is -2.48. The van der Waals surface area contributed by atoms with E-state index in [-0.39, 0.29) is 17.2 Å². The van der Waals surface area contributed by atoms with Crippen molar-refractivity contribution in [3.8, 4) is 5.75 Å². The molecule has 0 aliphatic carbocycles. The number of hydrogen-bond donors (Lipinski definition) is 0. The van der Waals surface area contributed by atoms with Crippen molar-refractivity contribution in [2.45, 2.75) is 32.1 Å². The molecule has 2 aliphatic rings. The third-order valence-electron chi connectivity index (χ3n) is 6.07. The molecule has 2 saturated heterocycles. The van der Waals surface area contributed by atoms with Gasteiger partial charge in [0.1, 0.15) is 5.75 Å². The van der Waals surface area contributed by atoms with E-state index in [0.29, 0.717) is 12.8 Å². The lowest BCUT2D eigenvalue weighted by Crippen LogP contribution is -2.56. The van der Waals surface area contributed by atoms with Gasteiger partial charge in [-0.25, -0.2) is 0 Å². The maximum atomic E-state index is 13.0. The van der Waals surface area contributed by atoms with E-state index < -0.39 is 0 Å². The summed E-state index contributed by atoms with van der Waals surface area (Å²) in [6, 6.07) is 7.72. The maximum Gasteiger partial charge on any atom is 0.227 e. The Morgan fingerprint density at radius 2 is 2.07 bits per heavy atom. The molecule has 1 aromatic rings. The molecule has 2 fully saturated rings. The van der Waals surface area contributed by atoms with Gasteiger partial charge >= 0.3 is 0 Å². The standard InChI is InChI=1S/C22H33N3O3/c1-23(2)12-13-25-17-22(10-8-20(25)26)9-5-11-24(16-22)21(27)15-18-6-4-7-19(14-18)28-3/h4,6-7,14H,5,8-13,15-17H2,1-3H3/t22-/m0/s1. The van der Waals surface area contributed by atoms with E-state index in [0.717, 1.165) is 63.3 Å². The van der Waals surface area contributed by atoms with Gasteiger partial charge in [0.25, 0.3) is 0 Å². The van der Waals surface area contributed by atoms with Gasteiger partial charge in [-0.05, 0) is 51.1 Å². The van der Waals surface area contributed by atoms with E-state index in [4.69, 9.17) is 4.74 Å². The van der Waals surface area contributed by atoms with Crippen molar-refractivity contribution in [3.63, 3.8) is 0 Å². The monoisotopic (exact) mass is 387 g/mol. The molecule has 2 heterocycles. The highest BCUT2D eigenvalue weighted by Crippen LogP contribution is 2.39. The molecule has 2 aliphatic heterocycles. The van der Waals surface area contributed by atoms with Gasteiger partial charge in [0.2, 0.25) is 11.8 Å². The summed E-state index contributed by atoms with van der Waals surface area (Å²) in [7, 11) is 5.70. The summed E-state index contributed by atoms with van der Waals surface area (Å²) in [6.45, 7) is 4.01. The molecule has 2 amide bonds. The first-order valence-electron chi connectivity index (χ1n) is 10.2. The van der Waals surface area contributed by atoms with Crippen molar-refractivity contribution in [2.24, 2.45) is 5.41 Å². The SMILES string of the molecule is COc1cccc(CC(=O)N2CCC[C@]3(CCC(=O)N(CCN(C)C)C3)C2)c1. The van der Waals surface area contributed by atoms with Gasteiger partial charge < -0.3 is 19.4 Å². The first kappa shape index (κ1) is 20.6. The van der Waals surface area contributed by atoms with Crippen molar-refractivity contribution >= 4 is 11.8 Å². The van der Waals surface area contributed by atoms with Crippen LogP contribution in [0.5, 0.6) is 5.75 Å². The number of amides is 2. The predicted octanol–water partition coefficient (Wildman–Crippen LogP) is 2.03. The van der Waals surface area contributed by atoms with Crippen molar-refractivity contribution in [1.29, 1.82) is 0 Å². The summed E-state index contributed by atoms with van der Waals surface area (Å²) >= 11 is 0. The topological polar surface area (TPSA) is 53.1 Å². The fourth-order valence-corrected chi connectivity index (χ4v) is 4.45. The van der Waals surface area contributed by atoms with Crippen LogP contribution in [0.4, 0.5) is 0 Å². The second-order valence-corrected chi connectivity index (χ2v) is 8.57. The Labute approximate surface area is 168 Å². The molecule has 6 heteroatoms. The summed E-state index contributed by atoms with van der Waals surface area (Å²) in [5, 5.41) is 0. The Morgan fingerprint density at radius 3 is 2.82 bits per heavy atom. The number of ether oxygens (including phenoxy) is 1. The molecule has 154 valence electrons. The zero-order valence-corrected chi connectivity index (χ0v) is 17.4. The van der Waals surface area contributed by atoms with E-state index in [1.165, 1.54) is 0 Å². The van der Waals surface area contributed by atoms with Crippen LogP contribution in [0, 0.1) is 5.41 Å². The van der Waals surface area contributed by atoms with E-state index in [1.807, 2.05) is 48.2 Å². The normalized spacial score (nSPS) is 22.8. The van der Waals surface area contributed by atoms with Crippen LogP contribution >= 0.6 is 0 Å². The van der Waals surface area contributed by atoms with E-state index in [1.54, 1.807) is 7.11 Å². The maximum absolute atomic E-state index is 13.0. The Balaban J connectivity index is 1.63. The summed E-state index contributed by atoms with van der Waals surface area (Å²) in [5.74, 6) is 1.21. The molecular formula is C22H33N3O3. The quantitative estimate of drug-likeness (QED) is 0.750. The van der Waals surface area contributed by atoms with E-state index in [2.05, 4.69) is 4.90 Å². The summed E-state index contributed by atoms with van der Waals surface area (Å²) in [5.41, 5.74) is 1.04. The fourth-order valence-electron chi connectivity index (χ4n) is 4.45. The Bertz CT molecular complexity index is 706. The third-order valence-corrected chi connectivity index (χ3v) is 6.07. The minimum Gasteiger partial charge on any atom is -0.497 e. The Morgan fingerprint density at radius 1 is 1.25 bits per heavy atom. The molecule has 6 nitrogen and oxygen atoms in total. The lowest BCUT2D eigenvalue weighted by atomic mass is 9.73. The van der Waals surface area contributed by atoms with E-state index in [9.17, 15) is 9.59 Å². The summed E-state index contributed by atoms with van der Waals surface area (Å²) < 4.78 is 5.27. The van der Waals surface area contributed by atoms with Gasteiger partial charge in [0.15, 0.2) is 0 Å². The fraction of sp³-hybridized carbons (Fsp3) is 0.636. The molecule has 1 atom stereocenters. The highest BCUT2D eigenvalue weighted by molar-refractivity contribution is 5.79. The van der Waals surface area contributed by atoms with Crippen LogP contribution in [0.25, 0.3) is 0 Å². The molecule has 28 heavy (non-hydrogen) atoms. The summed E-state index contributed by atoms with van der Waals surface area (Å²) in [6.07, 6.45) is 4.01. The van der Waals surface area contributed by atoms with Crippen LogP contribution in [0.15, 0.2) is 24.3 Å². The Kier molecular flexibility index (Phi) is 6.60. The van der Waals surface area contributed by atoms with Crippen LogP contribution in [0.3, 0.4) is 0 Å². The first-order valence-corrected chi connectivity index (χ1v) is 10.2. The van der Waals surface area contributed by atoms with Gasteiger partial charge in [-0.15, -0.1) is 0 Å². The Hall–Kier alpha value is -2.08. The van der Waals surface area contributed by atoms with Crippen LogP contribution in [-0.4, -0.2) is 80.4 Å². The second-order valence-electron chi connectivity index (χ2n) is 8.57. The minimum absolute atomic E-state index is 0.0580. The third kappa shape index (κ3) is 5.04. The highest BCUT2D eigenvalue weighted by atomic mass is 16.5. The number of nitrogens with zero attached hydrogens (tertiary/aromatic N) is 3. The highest BCUT2D eigenvalue weighted by Gasteiger charge is 2.42. The number of benzene rings is 1. The van der Waals surface area contributed by atoms with Crippen molar-refractivity contribution in [3.05, 3.63) is 29.8 Å². The number of methoxy groups -OCH3 is 1. The first-order chi connectivity index (χ1) is 13.4. The van der Waals surface area contributed by atoms with Crippen molar-refractivity contribution in [2.75, 3.05) is 53.9 Å². The number of carbonyl (C=O) groups excluding carboxylic acids is 2. The van der Waals surface area contributed by atoms with Crippen LogP contribution in [0.1, 0.15) is 31.2 Å². The molecule has 0 bridgehead atoms. The predicted molar refractivity (Wildman–Crippen MR) is 109 cm³/mol. The molecule has 1 aromatic carbocycles. The number of rotatable bonds is 6. The molecule has 0 N–H and O–H groups in total. The number of likely N-dealkylation sites (tertiary alicyclic amines) is 2. The van der Waals surface area contributed by atoms with Crippen LogP contribution in [-0.2, 0) is 16.0 Å². The molecule has 0 saturated carbocycles. The average Bonchev–Trinajstić information content (AvgIpc) is 2.69. The van der Waals surface area contributed by atoms with Gasteiger partial charge in [-0.2, -0.15) is 0 Å². The zero-order chi connectivity index (χ0) is 20.1. The number of hydrogen-bond acceptors (Lipinski definition) is 4. The van der Waals surface area contributed by atoms with Crippen LogP contribution in [0.2, 0.25) is 0 Å². The molecule has 0 radical (unpaired) electrons. The van der Waals surface area contributed by atoms with Crippen molar-refractivity contribution in [1.82, 2.24) is 14.7 Å². The number of carbonyl (C=O) groups is 2. The minimum atomic E-state index is 0.0580. The number of likely N-dealkylation sites (N-methyl/N-ethyl adjacent to an activating group) is 1. The largest absolute Gasteiger partial charge is 0.497 e. The molecular weight excluding hydrogens is 354 g/mol.